The SMILES string of the molecule is CC1CCCN(C(=O)c2cccc(S(=O)(=O)NC3CCCC3)c2)CC1. The van der Waals surface area contributed by atoms with Gasteiger partial charge in [0.15, 0.2) is 0 Å². The molecule has 2 fully saturated rings. The monoisotopic (exact) mass is 364 g/mol. The summed E-state index contributed by atoms with van der Waals surface area (Å²) in [6.45, 7) is 3.72. The molecule has 6 heteroatoms. The average Bonchev–Trinajstić information content (AvgIpc) is 3.00. The van der Waals surface area contributed by atoms with Crippen LogP contribution in [-0.4, -0.2) is 38.4 Å². The van der Waals surface area contributed by atoms with E-state index in [0.29, 0.717) is 11.5 Å². The summed E-state index contributed by atoms with van der Waals surface area (Å²) in [5.74, 6) is 0.576. The van der Waals surface area contributed by atoms with Crippen LogP contribution in [0.25, 0.3) is 0 Å². The van der Waals surface area contributed by atoms with E-state index >= 15 is 0 Å². The van der Waals surface area contributed by atoms with Crippen molar-refractivity contribution in [3.05, 3.63) is 29.8 Å². The van der Waals surface area contributed by atoms with Gasteiger partial charge >= 0.3 is 0 Å². The smallest absolute Gasteiger partial charge is 0.253 e. The van der Waals surface area contributed by atoms with Gasteiger partial charge in [0.25, 0.3) is 5.91 Å². The van der Waals surface area contributed by atoms with E-state index in [1.807, 2.05) is 4.90 Å². The van der Waals surface area contributed by atoms with E-state index in [1.165, 1.54) is 6.07 Å². The number of carbonyl (C=O) groups excluding carboxylic acids is 1. The molecule has 1 unspecified atom stereocenters. The lowest BCUT2D eigenvalue weighted by Gasteiger charge is -2.21. The molecule has 0 spiro atoms. The third-order valence-corrected chi connectivity index (χ3v) is 6.89. The fourth-order valence-electron chi connectivity index (χ4n) is 3.78. The van der Waals surface area contributed by atoms with Gasteiger partial charge in [0.1, 0.15) is 0 Å². The summed E-state index contributed by atoms with van der Waals surface area (Å²) in [6, 6.07) is 6.49. The van der Waals surface area contributed by atoms with Crippen molar-refractivity contribution in [1.29, 1.82) is 0 Å². The van der Waals surface area contributed by atoms with Crippen LogP contribution in [0.5, 0.6) is 0 Å². The predicted molar refractivity (Wildman–Crippen MR) is 97.9 cm³/mol. The topological polar surface area (TPSA) is 66.5 Å². The first-order chi connectivity index (χ1) is 12.0. The molecule has 1 aliphatic carbocycles. The molecule has 1 aromatic carbocycles. The molecule has 1 heterocycles. The van der Waals surface area contributed by atoms with Crippen molar-refractivity contribution in [2.24, 2.45) is 5.92 Å². The first-order valence-electron chi connectivity index (χ1n) is 9.37. The number of likely N-dealkylation sites (tertiary alicyclic amines) is 1. The van der Waals surface area contributed by atoms with Gasteiger partial charge in [-0.1, -0.05) is 25.8 Å². The molecule has 25 heavy (non-hydrogen) atoms. The summed E-state index contributed by atoms with van der Waals surface area (Å²) in [4.78, 5) is 14.8. The number of hydrogen-bond acceptors (Lipinski definition) is 3. The van der Waals surface area contributed by atoms with Gasteiger partial charge in [-0.3, -0.25) is 4.79 Å². The van der Waals surface area contributed by atoms with E-state index in [1.54, 1.807) is 18.2 Å². The molecule has 1 amide bonds. The zero-order valence-electron chi connectivity index (χ0n) is 14.9. The number of sulfonamides is 1. The zero-order chi connectivity index (χ0) is 17.9. The Morgan fingerprint density at radius 1 is 1.08 bits per heavy atom. The first kappa shape index (κ1) is 18.4. The molecule has 2 aliphatic rings. The van der Waals surface area contributed by atoms with E-state index < -0.39 is 10.0 Å². The summed E-state index contributed by atoms with van der Waals surface area (Å²) in [5.41, 5.74) is 0.462. The molecule has 5 nitrogen and oxygen atoms in total. The minimum Gasteiger partial charge on any atom is -0.339 e. The van der Waals surface area contributed by atoms with Crippen molar-refractivity contribution < 1.29 is 13.2 Å². The lowest BCUT2D eigenvalue weighted by Crippen LogP contribution is -2.34. The minimum absolute atomic E-state index is 0.0245. The maximum absolute atomic E-state index is 12.8. The third-order valence-electron chi connectivity index (χ3n) is 5.37. The lowest BCUT2D eigenvalue weighted by atomic mass is 10.0. The molecule has 1 N–H and O–H groups in total. The number of hydrogen-bond donors (Lipinski definition) is 1. The highest BCUT2D eigenvalue weighted by Crippen LogP contribution is 2.22. The first-order valence-corrected chi connectivity index (χ1v) is 10.9. The molecule has 1 aliphatic heterocycles. The molecule has 138 valence electrons. The van der Waals surface area contributed by atoms with Gasteiger partial charge in [0, 0.05) is 24.7 Å². The van der Waals surface area contributed by atoms with Crippen LogP contribution in [-0.2, 0) is 10.0 Å². The Morgan fingerprint density at radius 3 is 2.60 bits per heavy atom. The summed E-state index contributed by atoms with van der Waals surface area (Å²) in [6.07, 6.45) is 7.08. The molecule has 3 rings (SSSR count). The highest BCUT2D eigenvalue weighted by Gasteiger charge is 2.25. The van der Waals surface area contributed by atoms with E-state index in [2.05, 4.69) is 11.6 Å². The van der Waals surface area contributed by atoms with Crippen LogP contribution in [0, 0.1) is 5.92 Å². The van der Waals surface area contributed by atoms with Crippen molar-refractivity contribution in [3.8, 4) is 0 Å². The normalized spacial score (nSPS) is 22.8. The van der Waals surface area contributed by atoms with E-state index in [4.69, 9.17) is 0 Å². The Balaban J connectivity index is 1.75. The maximum Gasteiger partial charge on any atom is 0.253 e. The van der Waals surface area contributed by atoms with Gasteiger partial charge in [-0.25, -0.2) is 13.1 Å². The van der Waals surface area contributed by atoms with Crippen LogP contribution in [0.2, 0.25) is 0 Å². The minimum atomic E-state index is -3.57. The molecule has 0 radical (unpaired) electrons. The highest BCUT2D eigenvalue weighted by atomic mass is 32.2. The fourth-order valence-corrected chi connectivity index (χ4v) is 5.13. The number of carbonyl (C=O) groups is 1. The molecule has 0 aromatic heterocycles. The largest absolute Gasteiger partial charge is 0.339 e. The van der Waals surface area contributed by atoms with Crippen LogP contribution < -0.4 is 4.72 Å². The second-order valence-electron chi connectivity index (χ2n) is 7.46. The van der Waals surface area contributed by atoms with E-state index in [9.17, 15) is 13.2 Å². The lowest BCUT2D eigenvalue weighted by molar-refractivity contribution is 0.0760. The van der Waals surface area contributed by atoms with Crippen LogP contribution in [0.3, 0.4) is 0 Å². The van der Waals surface area contributed by atoms with Crippen molar-refractivity contribution >= 4 is 15.9 Å². The summed E-state index contributed by atoms with van der Waals surface area (Å²) >= 11 is 0. The maximum atomic E-state index is 12.8. The van der Waals surface area contributed by atoms with Crippen LogP contribution in [0.4, 0.5) is 0 Å². The Bertz CT molecular complexity index is 711. The summed E-state index contributed by atoms with van der Waals surface area (Å²) < 4.78 is 28.0. The second-order valence-corrected chi connectivity index (χ2v) is 9.17. The van der Waals surface area contributed by atoms with Crippen molar-refractivity contribution in [2.75, 3.05) is 13.1 Å². The van der Waals surface area contributed by atoms with Crippen molar-refractivity contribution in [2.45, 2.75) is 62.8 Å². The summed E-state index contributed by atoms with van der Waals surface area (Å²) in [5, 5.41) is 0. The van der Waals surface area contributed by atoms with Gasteiger partial charge in [0.05, 0.1) is 4.90 Å². The van der Waals surface area contributed by atoms with Gasteiger partial charge in [-0.15, -0.1) is 0 Å². The van der Waals surface area contributed by atoms with Crippen LogP contribution in [0.15, 0.2) is 29.2 Å². The number of amides is 1. The number of benzene rings is 1. The van der Waals surface area contributed by atoms with Gasteiger partial charge in [-0.05, 0) is 56.2 Å². The van der Waals surface area contributed by atoms with Gasteiger partial charge in [-0.2, -0.15) is 0 Å². The van der Waals surface area contributed by atoms with Crippen LogP contribution in [0.1, 0.15) is 62.2 Å². The molecule has 1 saturated heterocycles. The van der Waals surface area contributed by atoms with Gasteiger partial charge < -0.3 is 4.90 Å². The van der Waals surface area contributed by atoms with Crippen LogP contribution >= 0.6 is 0 Å². The molecule has 0 bridgehead atoms. The number of nitrogens with one attached hydrogen (secondary N) is 1. The Kier molecular flexibility index (Phi) is 5.79. The highest BCUT2D eigenvalue weighted by molar-refractivity contribution is 7.89. The average molecular weight is 365 g/mol. The van der Waals surface area contributed by atoms with E-state index in [-0.39, 0.29) is 16.8 Å². The Hall–Kier alpha value is -1.40. The second kappa shape index (κ2) is 7.87. The third kappa shape index (κ3) is 4.61. The van der Waals surface area contributed by atoms with E-state index in [0.717, 1.165) is 58.0 Å². The van der Waals surface area contributed by atoms with Crippen molar-refractivity contribution in [3.63, 3.8) is 0 Å². The number of rotatable bonds is 4. The zero-order valence-corrected chi connectivity index (χ0v) is 15.7. The Morgan fingerprint density at radius 2 is 1.84 bits per heavy atom. The number of nitrogens with zero attached hydrogens (tertiary/aromatic N) is 1. The fraction of sp³-hybridized carbons (Fsp3) is 0.632. The predicted octanol–water partition coefficient (Wildman–Crippen LogP) is 3.17. The standard InChI is InChI=1S/C19H28N2O3S/c1-15-6-5-12-21(13-11-15)19(22)16-7-4-10-18(14-16)25(23,24)20-17-8-2-3-9-17/h4,7,10,14-15,17,20H,2-3,5-6,8-9,11-13H2,1H3. The summed E-state index contributed by atoms with van der Waals surface area (Å²) in [7, 11) is -3.57. The molecule has 1 aromatic rings. The Labute approximate surface area is 150 Å². The molecule has 1 saturated carbocycles. The quantitative estimate of drug-likeness (QED) is 0.892. The molecular weight excluding hydrogens is 336 g/mol. The molecular formula is C19H28N2O3S. The van der Waals surface area contributed by atoms with Gasteiger partial charge in [0.2, 0.25) is 10.0 Å². The van der Waals surface area contributed by atoms with Crippen molar-refractivity contribution in [1.82, 2.24) is 9.62 Å². The molecule has 1 atom stereocenters.